The van der Waals surface area contributed by atoms with Crippen LogP contribution in [0, 0.1) is 0 Å². The number of hydrogen-bond acceptors (Lipinski definition) is 3. The van der Waals surface area contributed by atoms with Crippen LogP contribution in [0.25, 0.3) is 11.0 Å². The lowest BCUT2D eigenvalue weighted by Gasteiger charge is -2.00. The number of aromatic amines is 1. The van der Waals surface area contributed by atoms with Crippen LogP contribution in [0.15, 0.2) is 23.6 Å². The Kier molecular flexibility index (Phi) is 4.26. The van der Waals surface area contributed by atoms with E-state index in [0.717, 1.165) is 5.52 Å². The summed E-state index contributed by atoms with van der Waals surface area (Å²) in [7, 11) is 0. The SMILES string of the molecule is C.Clc1csc(Cl)c1Nc1nc2c(Cl)cccc2[nH]1. The fraction of sp³-hybridized carbons (Fsp3) is 0.0833. The maximum absolute atomic E-state index is 6.05. The molecule has 0 radical (unpaired) electrons. The van der Waals surface area contributed by atoms with Crippen LogP contribution in [-0.2, 0) is 0 Å². The lowest BCUT2D eigenvalue weighted by atomic mass is 10.3. The Morgan fingerprint density at radius 3 is 2.58 bits per heavy atom. The van der Waals surface area contributed by atoms with Crippen LogP contribution in [0.1, 0.15) is 7.43 Å². The van der Waals surface area contributed by atoms with Gasteiger partial charge in [0.2, 0.25) is 5.95 Å². The van der Waals surface area contributed by atoms with Crippen molar-refractivity contribution in [1.29, 1.82) is 0 Å². The number of hydrogen-bond donors (Lipinski definition) is 2. The van der Waals surface area contributed by atoms with Gasteiger partial charge >= 0.3 is 0 Å². The standard InChI is InChI=1S/C11H6Cl3N3S.CH4/c12-5-2-1-3-7-8(5)16-11(15-7)17-9-6(13)4-18-10(9)14;/h1-4H,(H2,15,16,17);1H4. The first kappa shape index (κ1) is 14.5. The molecule has 0 bridgehead atoms. The van der Waals surface area contributed by atoms with Crippen molar-refractivity contribution in [2.75, 3.05) is 5.32 Å². The molecule has 0 spiro atoms. The van der Waals surface area contributed by atoms with E-state index in [9.17, 15) is 0 Å². The Balaban J connectivity index is 0.00000133. The third-order valence-corrected chi connectivity index (χ3v) is 4.36. The fourth-order valence-electron chi connectivity index (χ4n) is 1.60. The molecule has 19 heavy (non-hydrogen) atoms. The van der Waals surface area contributed by atoms with Crippen molar-refractivity contribution in [2.45, 2.75) is 7.43 Å². The number of nitrogens with one attached hydrogen (secondary N) is 2. The summed E-state index contributed by atoms with van der Waals surface area (Å²) >= 11 is 19.5. The second kappa shape index (κ2) is 5.59. The zero-order chi connectivity index (χ0) is 12.7. The molecule has 0 amide bonds. The molecule has 7 heteroatoms. The van der Waals surface area contributed by atoms with E-state index in [1.165, 1.54) is 11.3 Å². The van der Waals surface area contributed by atoms with Crippen molar-refractivity contribution in [3.63, 3.8) is 0 Å². The quantitative estimate of drug-likeness (QED) is 0.606. The number of anilines is 2. The highest BCUT2D eigenvalue weighted by molar-refractivity contribution is 7.15. The summed E-state index contributed by atoms with van der Waals surface area (Å²) in [6, 6.07) is 5.55. The second-order valence-corrected chi connectivity index (χ2v) is 5.87. The number of fused-ring (bicyclic) bond motifs is 1. The van der Waals surface area contributed by atoms with E-state index in [4.69, 9.17) is 34.8 Å². The van der Waals surface area contributed by atoms with E-state index in [1.807, 2.05) is 12.1 Å². The van der Waals surface area contributed by atoms with Gasteiger partial charge in [-0.2, -0.15) is 0 Å². The van der Waals surface area contributed by atoms with Crippen molar-refractivity contribution in [2.24, 2.45) is 0 Å². The number of imidazole rings is 1. The highest BCUT2D eigenvalue weighted by Gasteiger charge is 2.11. The molecule has 3 nitrogen and oxygen atoms in total. The van der Waals surface area contributed by atoms with Gasteiger partial charge in [0.1, 0.15) is 9.85 Å². The van der Waals surface area contributed by atoms with E-state index >= 15 is 0 Å². The van der Waals surface area contributed by atoms with Gasteiger partial charge in [0.05, 0.1) is 21.2 Å². The first-order valence-electron chi connectivity index (χ1n) is 4.99. The Morgan fingerprint density at radius 2 is 1.95 bits per heavy atom. The topological polar surface area (TPSA) is 40.7 Å². The van der Waals surface area contributed by atoms with Crippen molar-refractivity contribution in [3.05, 3.63) is 38.0 Å². The van der Waals surface area contributed by atoms with Crippen LogP contribution in [0.2, 0.25) is 14.4 Å². The van der Waals surface area contributed by atoms with E-state index in [0.29, 0.717) is 31.5 Å². The van der Waals surface area contributed by atoms with Crippen LogP contribution in [0.3, 0.4) is 0 Å². The fourth-order valence-corrected chi connectivity index (χ4v) is 3.08. The number of rotatable bonds is 2. The minimum Gasteiger partial charge on any atom is -0.324 e. The lowest BCUT2D eigenvalue weighted by molar-refractivity contribution is 1.32. The molecule has 0 unspecified atom stereocenters. The van der Waals surface area contributed by atoms with E-state index < -0.39 is 0 Å². The average Bonchev–Trinajstić information content (AvgIpc) is 2.89. The summed E-state index contributed by atoms with van der Waals surface area (Å²) in [6.07, 6.45) is 0. The van der Waals surface area contributed by atoms with Gasteiger partial charge in [-0.05, 0) is 12.1 Å². The zero-order valence-corrected chi connectivity index (χ0v) is 11.9. The second-order valence-electron chi connectivity index (χ2n) is 3.58. The molecule has 0 saturated carbocycles. The summed E-state index contributed by atoms with van der Waals surface area (Å²) in [5.74, 6) is 0.556. The predicted octanol–water partition coefficient (Wildman–Crippen LogP) is 5.96. The predicted molar refractivity (Wildman–Crippen MR) is 85.5 cm³/mol. The van der Waals surface area contributed by atoms with E-state index in [-0.39, 0.29) is 7.43 Å². The minimum atomic E-state index is 0. The van der Waals surface area contributed by atoms with Gasteiger partial charge in [-0.3, -0.25) is 0 Å². The number of aromatic nitrogens is 2. The summed E-state index contributed by atoms with van der Waals surface area (Å²) in [5.41, 5.74) is 2.22. The molecular formula is C12H10Cl3N3S. The molecule has 100 valence electrons. The number of benzene rings is 1. The molecule has 0 aliphatic heterocycles. The molecule has 0 saturated heterocycles. The zero-order valence-electron chi connectivity index (χ0n) is 8.80. The Bertz CT molecular complexity index is 701. The monoisotopic (exact) mass is 333 g/mol. The van der Waals surface area contributed by atoms with Gasteiger partial charge < -0.3 is 10.3 Å². The Morgan fingerprint density at radius 1 is 1.16 bits per heavy atom. The van der Waals surface area contributed by atoms with Gasteiger partial charge in [-0.1, -0.05) is 48.3 Å². The molecule has 0 fully saturated rings. The molecule has 0 atom stereocenters. The molecule has 2 aromatic heterocycles. The molecular weight excluding hydrogens is 325 g/mol. The van der Waals surface area contributed by atoms with E-state index in [1.54, 1.807) is 11.4 Å². The van der Waals surface area contributed by atoms with Crippen molar-refractivity contribution < 1.29 is 0 Å². The first-order chi connectivity index (χ1) is 8.65. The lowest BCUT2D eigenvalue weighted by Crippen LogP contribution is -1.91. The summed E-state index contributed by atoms with van der Waals surface area (Å²) in [4.78, 5) is 7.47. The van der Waals surface area contributed by atoms with Crippen molar-refractivity contribution in [3.8, 4) is 0 Å². The maximum Gasteiger partial charge on any atom is 0.205 e. The van der Waals surface area contributed by atoms with Crippen LogP contribution in [0.4, 0.5) is 11.6 Å². The normalized spacial score (nSPS) is 10.5. The molecule has 0 aliphatic rings. The van der Waals surface area contributed by atoms with Crippen molar-refractivity contribution >= 4 is 68.8 Å². The molecule has 2 N–H and O–H groups in total. The number of halogens is 3. The van der Waals surface area contributed by atoms with Crippen LogP contribution < -0.4 is 5.32 Å². The van der Waals surface area contributed by atoms with Gasteiger partial charge in [0.25, 0.3) is 0 Å². The third kappa shape index (κ3) is 2.67. The number of para-hydroxylation sites is 1. The maximum atomic E-state index is 6.05. The Labute approximate surface area is 129 Å². The number of nitrogens with zero attached hydrogens (tertiary/aromatic N) is 1. The van der Waals surface area contributed by atoms with Crippen LogP contribution in [0.5, 0.6) is 0 Å². The van der Waals surface area contributed by atoms with Crippen LogP contribution in [-0.4, -0.2) is 9.97 Å². The summed E-state index contributed by atoms with van der Waals surface area (Å²) in [5, 5.41) is 5.99. The van der Waals surface area contributed by atoms with E-state index in [2.05, 4.69) is 15.3 Å². The smallest absolute Gasteiger partial charge is 0.205 e. The molecule has 3 aromatic rings. The summed E-state index contributed by atoms with van der Waals surface area (Å²) in [6.45, 7) is 0. The number of thiophene rings is 1. The molecule has 0 aliphatic carbocycles. The third-order valence-electron chi connectivity index (χ3n) is 2.41. The first-order valence-corrected chi connectivity index (χ1v) is 7.00. The van der Waals surface area contributed by atoms with Gasteiger partial charge in [-0.15, -0.1) is 11.3 Å². The van der Waals surface area contributed by atoms with Crippen LogP contribution >= 0.6 is 46.1 Å². The largest absolute Gasteiger partial charge is 0.324 e. The number of H-pyrrole nitrogens is 1. The Hall–Kier alpha value is -0.940. The highest BCUT2D eigenvalue weighted by Crippen LogP contribution is 2.38. The molecule has 3 rings (SSSR count). The molecule has 1 aromatic carbocycles. The van der Waals surface area contributed by atoms with Gasteiger partial charge in [0.15, 0.2) is 0 Å². The summed E-state index contributed by atoms with van der Waals surface area (Å²) < 4.78 is 0.589. The molecule has 2 heterocycles. The minimum absolute atomic E-state index is 0. The van der Waals surface area contributed by atoms with Gasteiger partial charge in [0, 0.05) is 5.38 Å². The van der Waals surface area contributed by atoms with Gasteiger partial charge in [-0.25, -0.2) is 4.98 Å². The average molecular weight is 335 g/mol. The van der Waals surface area contributed by atoms with Crippen molar-refractivity contribution in [1.82, 2.24) is 9.97 Å². The highest BCUT2D eigenvalue weighted by atomic mass is 35.5.